The second kappa shape index (κ2) is 6.52. The van der Waals surface area contributed by atoms with Crippen LogP contribution in [-0.4, -0.2) is 45.3 Å². The van der Waals surface area contributed by atoms with E-state index >= 15 is 0 Å². The van der Waals surface area contributed by atoms with Gasteiger partial charge in [0.15, 0.2) is 0 Å². The van der Waals surface area contributed by atoms with Crippen molar-refractivity contribution < 1.29 is 5.11 Å². The molecular formula is C20H25N3O3. The molecule has 1 saturated heterocycles. The van der Waals surface area contributed by atoms with Crippen LogP contribution in [0.2, 0.25) is 0 Å². The number of hydrogen-bond donors (Lipinski definition) is 2. The van der Waals surface area contributed by atoms with E-state index in [4.69, 9.17) is 0 Å². The van der Waals surface area contributed by atoms with Gasteiger partial charge in [-0.3, -0.25) is 9.36 Å². The Kier molecular flexibility index (Phi) is 4.32. The van der Waals surface area contributed by atoms with Crippen LogP contribution in [0.3, 0.4) is 0 Å². The highest BCUT2D eigenvalue weighted by atomic mass is 16.3. The van der Waals surface area contributed by atoms with Gasteiger partial charge < -0.3 is 15.0 Å². The van der Waals surface area contributed by atoms with Gasteiger partial charge in [-0.25, -0.2) is 4.79 Å². The summed E-state index contributed by atoms with van der Waals surface area (Å²) in [6, 6.07) is 9.83. The Morgan fingerprint density at radius 2 is 1.92 bits per heavy atom. The highest BCUT2D eigenvalue weighted by Gasteiger charge is 2.47. The number of rotatable bonds is 3. The van der Waals surface area contributed by atoms with Gasteiger partial charge in [0.2, 0.25) is 0 Å². The molecule has 2 aliphatic rings. The Morgan fingerprint density at radius 1 is 1.19 bits per heavy atom. The number of likely N-dealkylation sites (tertiary alicyclic amines) is 1. The van der Waals surface area contributed by atoms with Crippen LogP contribution >= 0.6 is 0 Å². The molecule has 0 bridgehead atoms. The van der Waals surface area contributed by atoms with Crippen molar-refractivity contribution in [3.05, 3.63) is 68.0 Å². The molecule has 1 aromatic carbocycles. The van der Waals surface area contributed by atoms with Gasteiger partial charge in [0.25, 0.3) is 5.56 Å². The third-order valence-electron chi connectivity index (χ3n) is 6.15. The second-order valence-corrected chi connectivity index (χ2v) is 7.62. The minimum absolute atomic E-state index is 0.134. The lowest BCUT2D eigenvalue weighted by atomic mass is 9.72. The van der Waals surface area contributed by atoms with Crippen molar-refractivity contribution in [2.75, 3.05) is 19.6 Å². The molecule has 26 heavy (non-hydrogen) atoms. The van der Waals surface area contributed by atoms with E-state index in [-0.39, 0.29) is 22.8 Å². The summed E-state index contributed by atoms with van der Waals surface area (Å²) < 4.78 is 1.26. The molecule has 1 atom stereocenters. The largest absolute Gasteiger partial charge is 0.392 e. The SMILES string of the molecule is Cc1cc(=O)n(CCN2CCC3(CC2)c2ccccc2C[C@H]3O)c(=O)[nH]1. The Morgan fingerprint density at radius 3 is 2.65 bits per heavy atom. The summed E-state index contributed by atoms with van der Waals surface area (Å²) in [7, 11) is 0. The van der Waals surface area contributed by atoms with E-state index in [0.29, 0.717) is 18.8 Å². The highest BCUT2D eigenvalue weighted by Crippen LogP contribution is 2.46. The van der Waals surface area contributed by atoms with Crippen LogP contribution < -0.4 is 11.2 Å². The lowest BCUT2D eigenvalue weighted by Gasteiger charge is -2.42. The summed E-state index contributed by atoms with van der Waals surface area (Å²) in [5.41, 5.74) is 2.43. The summed E-state index contributed by atoms with van der Waals surface area (Å²) in [5, 5.41) is 10.7. The molecule has 0 amide bonds. The van der Waals surface area contributed by atoms with E-state index in [0.717, 1.165) is 32.4 Å². The predicted octanol–water partition coefficient (Wildman–Crippen LogP) is 0.796. The molecule has 4 rings (SSSR count). The van der Waals surface area contributed by atoms with E-state index in [1.54, 1.807) is 6.92 Å². The number of nitrogens with one attached hydrogen (secondary N) is 1. The average molecular weight is 355 g/mol. The number of aromatic amines is 1. The number of aromatic nitrogens is 2. The van der Waals surface area contributed by atoms with E-state index < -0.39 is 0 Å². The third-order valence-corrected chi connectivity index (χ3v) is 6.15. The molecule has 0 unspecified atom stereocenters. The van der Waals surface area contributed by atoms with Crippen LogP contribution in [0, 0.1) is 6.92 Å². The maximum Gasteiger partial charge on any atom is 0.328 e. The Hall–Kier alpha value is -2.18. The molecule has 2 aromatic rings. The van der Waals surface area contributed by atoms with Crippen molar-refractivity contribution in [2.24, 2.45) is 0 Å². The molecule has 138 valence electrons. The van der Waals surface area contributed by atoms with Crippen LogP contribution in [-0.2, 0) is 18.4 Å². The molecule has 1 aliphatic heterocycles. The molecule has 2 N–H and O–H groups in total. The monoisotopic (exact) mass is 355 g/mol. The fourth-order valence-corrected chi connectivity index (χ4v) is 4.63. The molecule has 1 spiro atoms. The number of aliphatic hydroxyl groups excluding tert-OH is 1. The zero-order valence-corrected chi connectivity index (χ0v) is 15.1. The van der Waals surface area contributed by atoms with Crippen molar-refractivity contribution in [1.29, 1.82) is 0 Å². The number of aryl methyl sites for hydroxylation is 1. The zero-order valence-electron chi connectivity index (χ0n) is 15.1. The number of H-pyrrole nitrogens is 1. The maximum absolute atomic E-state index is 12.0. The number of fused-ring (bicyclic) bond motifs is 2. The van der Waals surface area contributed by atoms with Crippen molar-refractivity contribution in [3.63, 3.8) is 0 Å². The van der Waals surface area contributed by atoms with E-state index in [1.807, 2.05) is 6.07 Å². The molecule has 1 aliphatic carbocycles. The minimum Gasteiger partial charge on any atom is -0.392 e. The fourth-order valence-electron chi connectivity index (χ4n) is 4.63. The van der Waals surface area contributed by atoms with E-state index in [1.165, 1.54) is 21.8 Å². The highest BCUT2D eigenvalue weighted by molar-refractivity contribution is 5.42. The van der Waals surface area contributed by atoms with Gasteiger partial charge in [0.1, 0.15) is 0 Å². The topological polar surface area (TPSA) is 78.3 Å². The van der Waals surface area contributed by atoms with Crippen molar-refractivity contribution in [3.8, 4) is 0 Å². The zero-order chi connectivity index (χ0) is 18.3. The van der Waals surface area contributed by atoms with Crippen molar-refractivity contribution >= 4 is 0 Å². The van der Waals surface area contributed by atoms with Crippen LogP contribution in [0.25, 0.3) is 0 Å². The van der Waals surface area contributed by atoms with Crippen LogP contribution in [0.1, 0.15) is 29.7 Å². The summed E-state index contributed by atoms with van der Waals surface area (Å²) >= 11 is 0. The molecule has 1 fully saturated rings. The Balaban J connectivity index is 1.44. The van der Waals surface area contributed by atoms with E-state index in [9.17, 15) is 14.7 Å². The molecule has 1 aromatic heterocycles. The lowest BCUT2D eigenvalue weighted by Crippen LogP contribution is -2.48. The quantitative estimate of drug-likeness (QED) is 0.854. The van der Waals surface area contributed by atoms with Crippen LogP contribution in [0.15, 0.2) is 39.9 Å². The molecule has 6 heteroatoms. The minimum atomic E-state index is -0.344. The molecule has 0 saturated carbocycles. The maximum atomic E-state index is 12.0. The molecule has 2 heterocycles. The number of nitrogens with zero attached hydrogens (tertiary/aromatic N) is 2. The van der Waals surface area contributed by atoms with Gasteiger partial charge in [0, 0.05) is 30.3 Å². The number of benzene rings is 1. The number of hydrogen-bond acceptors (Lipinski definition) is 4. The molecule has 6 nitrogen and oxygen atoms in total. The summed E-state index contributed by atoms with van der Waals surface area (Å²) in [4.78, 5) is 28.9. The van der Waals surface area contributed by atoms with Crippen molar-refractivity contribution in [2.45, 2.75) is 44.2 Å². The third kappa shape index (κ3) is 2.83. The summed E-state index contributed by atoms with van der Waals surface area (Å²) in [6.07, 6.45) is 2.24. The average Bonchev–Trinajstić information content (AvgIpc) is 2.88. The first-order valence-electron chi connectivity index (χ1n) is 9.29. The Bertz CT molecular complexity index is 891. The van der Waals surface area contributed by atoms with Gasteiger partial charge in [0.05, 0.1) is 6.10 Å². The molecule has 0 radical (unpaired) electrons. The van der Waals surface area contributed by atoms with Gasteiger partial charge in [-0.2, -0.15) is 0 Å². The molecular weight excluding hydrogens is 330 g/mol. The standard InChI is InChI=1S/C20H25N3O3/c1-14-12-18(25)23(19(26)21-14)11-10-22-8-6-20(7-9-22)16-5-3-2-4-15(16)13-17(20)24/h2-5,12,17,24H,6-11,13H2,1H3,(H,21,26)/t17-/m1/s1. The Labute approximate surface area is 152 Å². The first-order valence-corrected chi connectivity index (χ1v) is 9.29. The van der Waals surface area contributed by atoms with E-state index in [2.05, 4.69) is 28.1 Å². The first-order chi connectivity index (χ1) is 12.5. The lowest BCUT2D eigenvalue weighted by molar-refractivity contribution is 0.0424. The number of aliphatic hydroxyl groups is 1. The fraction of sp³-hybridized carbons (Fsp3) is 0.500. The van der Waals surface area contributed by atoms with Gasteiger partial charge >= 0.3 is 5.69 Å². The van der Waals surface area contributed by atoms with Gasteiger partial charge in [-0.1, -0.05) is 24.3 Å². The normalized spacial score (nSPS) is 21.8. The summed E-state index contributed by atoms with van der Waals surface area (Å²) in [5.74, 6) is 0. The van der Waals surface area contributed by atoms with Crippen molar-refractivity contribution in [1.82, 2.24) is 14.5 Å². The van der Waals surface area contributed by atoms with Gasteiger partial charge in [-0.15, -0.1) is 0 Å². The van der Waals surface area contributed by atoms with Gasteiger partial charge in [-0.05, 0) is 50.4 Å². The summed E-state index contributed by atoms with van der Waals surface area (Å²) in [6.45, 7) is 4.50. The van der Waals surface area contributed by atoms with Crippen LogP contribution in [0.4, 0.5) is 0 Å². The smallest absolute Gasteiger partial charge is 0.328 e. The first kappa shape index (κ1) is 17.2. The van der Waals surface area contributed by atoms with Crippen LogP contribution in [0.5, 0.6) is 0 Å². The number of piperidine rings is 1. The predicted molar refractivity (Wildman–Crippen MR) is 99.6 cm³/mol. The second-order valence-electron chi connectivity index (χ2n) is 7.62.